The second-order valence-corrected chi connectivity index (χ2v) is 4.34. The van der Waals surface area contributed by atoms with Crippen molar-refractivity contribution in [1.82, 2.24) is 0 Å². The largest absolute Gasteiger partial charge is 0.493 e. The minimum Gasteiger partial charge on any atom is -0.493 e. The summed E-state index contributed by atoms with van der Waals surface area (Å²) in [6.45, 7) is 2.97. The molecule has 0 amide bonds. The molecule has 1 aromatic rings. The molecule has 0 radical (unpaired) electrons. The Morgan fingerprint density at radius 3 is 2.79 bits per heavy atom. The van der Waals surface area contributed by atoms with E-state index < -0.39 is 0 Å². The molecule has 1 aliphatic carbocycles. The normalized spacial score (nSPS) is 15.6. The van der Waals surface area contributed by atoms with Gasteiger partial charge in [-0.25, -0.2) is 0 Å². The van der Waals surface area contributed by atoms with Crippen LogP contribution in [0.5, 0.6) is 5.75 Å². The Morgan fingerprint density at radius 1 is 1.36 bits per heavy atom. The van der Waals surface area contributed by atoms with Gasteiger partial charge < -0.3 is 4.74 Å². The van der Waals surface area contributed by atoms with Gasteiger partial charge >= 0.3 is 0 Å². The SMILES string of the molecule is CCc1cc(Cl)cc(OCC2CC2)c1. The first-order valence-electron chi connectivity index (χ1n) is 5.20. The summed E-state index contributed by atoms with van der Waals surface area (Å²) in [6.07, 6.45) is 3.64. The highest BCUT2D eigenvalue weighted by atomic mass is 35.5. The number of ether oxygens (including phenoxy) is 1. The molecule has 1 aliphatic rings. The van der Waals surface area contributed by atoms with Crippen LogP contribution < -0.4 is 4.74 Å². The molecule has 76 valence electrons. The zero-order chi connectivity index (χ0) is 9.97. The molecular weight excluding hydrogens is 196 g/mol. The van der Waals surface area contributed by atoms with Gasteiger partial charge in [0.1, 0.15) is 5.75 Å². The maximum Gasteiger partial charge on any atom is 0.121 e. The fourth-order valence-electron chi connectivity index (χ4n) is 1.41. The summed E-state index contributed by atoms with van der Waals surface area (Å²) in [5.74, 6) is 1.71. The van der Waals surface area contributed by atoms with E-state index in [0.29, 0.717) is 0 Å². The van der Waals surface area contributed by atoms with Crippen molar-refractivity contribution in [2.45, 2.75) is 26.2 Å². The van der Waals surface area contributed by atoms with E-state index >= 15 is 0 Å². The summed E-state index contributed by atoms with van der Waals surface area (Å²) in [5, 5.41) is 0.773. The molecule has 0 spiro atoms. The van der Waals surface area contributed by atoms with Gasteiger partial charge in [-0.2, -0.15) is 0 Å². The van der Waals surface area contributed by atoms with Crippen molar-refractivity contribution >= 4 is 11.6 Å². The van der Waals surface area contributed by atoms with E-state index in [1.165, 1.54) is 18.4 Å². The van der Waals surface area contributed by atoms with Crippen LogP contribution in [-0.4, -0.2) is 6.61 Å². The van der Waals surface area contributed by atoms with Crippen molar-refractivity contribution in [2.24, 2.45) is 5.92 Å². The van der Waals surface area contributed by atoms with E-state index in [9.17, 15) is 0 Å². The topological polar surface area (TPSA) is 9.23 Å². The lowest BCUT2D eigenvalue weighted by Gasteiger charge is -2.07. The third kappa shape index (κ3) is 2.65. The number of hydrogen-bond acceptors (Lipinski definition) is 1. The van der Waals surface area contributed by atoms with Gasteiger partial charge in [-0.3, -0.25) is 0 Å². The van der Waals surface area contributed by atoms with E-state index in [2.05, 4.69) is 13.0 Å². The number of benzene rings is 1. The second kappa shape index (κ2) is 4.22. The second-order valence-electron chi connectivity index (χ2n) is 3.90. The van der Waals surface area contributed by atoms with Crippen LogP contribution in [-0.2, 0) is 6.42 Å². The summed E-state index contributed by atoms with van der Waals surface area (Å²) in [4.78, 5) is 0. The van der Waals surface area contributed by atoms with Gasteiger partial charge in [0.15, 0.2) is 0 Å². The molecule has 1 saturated carbocycles. The molecule has 0 atom stereocenters. The van der Waals surface area contributed by atoms with Crippen LogP contribution in [0.15, 0.2) is 18.2 Å². The molecule has 14 heavy (non-hydrogen) atoms. The van der Waals surface area contributed by atoms with Crippen LogP contribution in [0.2, 0.25) is 5.02 Å². The Kier molecular flexibility index (Phi) is 2.97. The summed E-state index contributed by atoms with van der Waals surface area (Å²) >= 11 is 5.98. The molecule has 2 heteroatoms. The van der Waals surface area contributed by atoms with E-state index in [0.717, 1.165) is 29.7 Å². The Bertz CT molecular complexity index is 318. The van der Waals surface area contributed by atoms with E-state index in [1.54, 1.807) is 0 Å². The average molecular weight is 211 g/mol. The summed E-state index contributed by atoms with van der Waals surface area (Å²) < 4.78 is 5.67. The standard InChI is InChI=1S/C12H15ClO/c1-2-9-5-11(13)7-12(6-9)14-8-10-3-4-10/h5-7,10H,2-4,8H2,1H3. The highest BCUT2D eigenvalue weighted by Gasteiger charge is 2.21. The van der Waals surface area contributed by atoms with Crippen molar-refractivity contribution in [3.05, 3.63) is 28.8 Å². The lowest BCUT2D eigenvalue weighted by Crippen LogP contribution is -1.99. The molecule has 0 heterocycles. The van der Waals surface area contributed by atoms with Crippen LogP contribution in [0, 0.1) is 5.92 Å². The molecule has 1 fully saturated rings. The number of rotatable bonds is 4. The predicted octanol–water partition coefficient (Wildman–Crippen LogP) is 3.69. The van der Waals surface area contributed by atoms with Crippen molar-refractivity contribution in [1.29, 1.82) is 0 Å². The molecule has 0 unspecified atom stereocenters. The van der Waals surface area contributed by atoms with Gasteiger partial charge in [-0.15, -0.1) is 0 Å². The minimum absolute atomic E-state index is 0.773. The number of aryl methyl sites for hydroxylation is 1. The maximum atomic E-state index is 5.98. The lowest BCUT2D eigenvalue weighted by atomic mass is 10.2. The molecule has 1 nitrogen and oxygen atoms in total. The number of hydrogen-bond donors (Lipinski definition) is 0. The van der Waals surface area contributed by atoms with E-state index in [4.69, 9.17) is 16.3 Å². The lowest BCUT2D eigenvalue weighted by molar-refractivity contribution is 0.299. The predicted molar refractivity (Wildman–Crippen MR) is 59.0 cm³/mol. The third-order valence-corrected chi connectivity index (χ3v) is 2.74. The Balaban J connectivity index is 2.03. The molecule has 0 aromatic heterocycles. The molecule has 0 bridgehead atoms. The Morgan fingerprint density at radius 2 is 2.14 bits per heavy atom. The van der Waals surface area contributed by atoms with Crippen LogP contribution in [0.25, 0.3) is 0 Å². The van der Waals surface area contributed by atoms with E-state index in [-0.39, 0.29) is 0 Å². The molecule has 2 rings (SSSR count). The van der Waals surface area contributed by atoms with Gasteiger partial charge in [0.25, 0.3) is 0 Å². The molecule has 1 aromatic carbocycles. The fourth-order valence-corrected chi connectivity index (χ4v) is 1.65. The van der Waals surface area contributed by atoms with Crippen LogP contribution in [0.4, 0.5) is 0 Å². The first-order chi connectivity index (χ1) is 6.78. The average Bonchev–Trinajstić information content (AvgIpc) is 2.97. The molecule has 0 aliphatic heterocycles. The van der Waals surface area contributed by atoms with Gasteiger partial charge in [0.05, 0.1) is 6.61 Å². The summed E-state index contributed by atoms with van der Waals surface area (Å²) in [7, 11) is 0. The monoisotopic (exact) mass is 210 g/mol. The van der Waals surface area contributed by atoms with Crippen molar-refractivity contribution < 1.29 is 4.74 Å². The molecular formula is C12H15ClO. The quantitative estimate of drug-likeness (QED) is 0.737. The molecule has 0 N–H and O–H groups in total. The van der Waals surface area contributed by atoms with Gasteiger partial charge in [0, 0.05) is 5.02 Å². The Labute approximate surface area is 90.0 Å². The number of halogens is 1. The zero-order valence-electron chi connectivity index (χ0n) is 8.42. The highest BCUT2D eigenvalue weighted by molar-refractivity contribution is 6.30. The van der Waals surface area contributed by atoms with Crippen LogP contribution >= 0.6 is 11.6 Å². The highest BCUT2D eigenvalue weighted by Crippen LogP contribution is 2.30. The van der Waals surface area contributed by atoms with Crippen LogP contribution in [0.1, 0.15) is 25.3 Å². The van der Waals surface area contributed by atoms with Crippen LogP contribution in [0.3, 0.4) is 0 Å². The van der Waals surface area contributed by atoms with Crippen molar-refractivity contribution in [2.75, 3.05) is 6.61 Å². The zero-order valence-corrected chi connectivity index (χ0v) is 9.18. The maximum absolute atomic E-state index is 5.98. The van der Waals surface area contributed by atoms with Gasteiger partial charge in [-0.05, 0) is 48.9 Å². The third-order valence-electron chi connectivity index (χ3n) is 2.52. The molecule has 0 saturated heterocycles. The van der Waals surface area contributed by atoms with Gasteiger partial charge in [0.2, 0.25) is 0 Å². The summed E-state index contributed by atoms with van der Waals surface area (Å²) in [6, 6.07) is 5.96. The first kappa shape index (κ1) is 9.85. The van der Waals surface area contributed by atoms with Gasteiger partial charge in [-0.1, -0.05) is 18.5 Å². The van der Waals surface area contributed by atoms with Crippen molar-refractivity contribution in [3.63, 3.8) is 0 Å². The first-order valence-corrected chi connectivity index (χ1v) is 5.58. The van der Waals surface area contributed by atoms with E-state index in [1.807, 2.05) is 12.1 Å². The minimum atomic E-state index is 0.773. The fraction of sp³-hybridized carbons (Fsp3) is 0.500. The Hall–Kier alpha value is -0.690. The smallest absolute Gasteiger partial charge is 0.121 e. The summed E-state index contributed by atoms with van der Waals surface area (Å²) in [5.41, 5.74) is 1.24. The van der Waals surface area contributed by atoms with Crippen molar-refractivity contribution in [3.8, 4) is 5.75 Å².